The molecule has 4 heteroatoms. The summed E-state index contributed by atoms with van der Waals surface area (Å²) in [5.41, 5.74) is 3.76. The third-order valence-corrected chi connectivity index (χ3v) is 4.29. The highest BCUT2D eigenvalue weighted by atomic mass is 16.6. The van der Waals surface area contributed by atoms with Gasteiger partial charge in [-0.1, -0.05) is 23.8 Å². The summed E-state index contributed by atoms with van der Waals surface area (Å²) in [6, 6.07) is 7.71. The predicted molar refractivity (Wildman–Crippen MR) is 86.9 cm³/mol. The summed E-state index contributed by atoms with van der Waals surface area (Å²) in [6.45, 7) is 7.78. The van der Waals surface area contributed by atoms with Gasteiger partial charge in [0.1, 0.15) is 5.60 Å². The number of hydrogen-bond donors (Lipinski definition) is 2. The van der Waals surface area contributed by atoms with Crippen LogP contribution in [0.3, 0.4) is 0 Å². The van der Waals surface area contributed by atoms with Crippen LogP contribution in [0.2, 0.25) is 0 Å². The van der Waals surface area contributed by atoms with Gasteiger partial charge < -0.3 is 15.4 Å². The van der Waals surface area contributed by atoms with Crippen molar-refractivity contribution in [2.75, 3.05) is 0 Å². The SMILES string of the molecule is Cc1ccc2c(c1)C(NC1CC1NC(=O)OC(C)(C)C)CC2. The van der Waals surface area contributed by atoms with Crippen LogP contribution >= 0.6 is 0 Å². The Bertz CT molecular complexity index is 577. The molecular formula is C18H26N2O2. The van der Waals surface area contributed by atoms with Crippen LogP contribution in [0.25, 0.3) is 0 Å². The minimum absolute atomic E-state index is 0.198. The minimum atomic E-state index is -0.441. The standard InChI is InChI=1S/C18H26N2O2/c1-11-5-6-12-7-8-14(13(12)9-11)19-15-10-16(15)20-17(21)22-18(2,3)4/h5-6,9,14-16,19H,7-8,10H2,1-4H3,(H,20,21). The Labute approximate surface area is 132 Å². The van der Waals surface area contributed by atoms with Crippen molar-refractivity contribution in [3.05, 3.63) is 34.9 Å². The molecule has 1 amide bonds. The van der Waals surface area contributed by atoms with Gasteiger partial charge in [0.05, 0.1) is 0 Å². The van der Waals surface area contributed by atoms with E-state index in [9.17, 15) is 4.79 Å². The largest absolute Gasteiger partial charge is 0.444 e. The number of alkyl carbamates (subject to hydrolysis) is 1. The molecule has 120 valence electrons. The number of rotatable bonds is 3. The summed E-state index contributed by atoms with van der Waals surface area (Å²) in [5, 5.41) is 6.63. The lowest BCUT2D eigenvalue weighted by molar-refractivity contribution is 0.0522. The van der Waals surface area contributed by atoms with Crippen molar-refractivity contribution >= 4 is 6.09 Å². The van der Waals surface area contributed by atoms with Gasteiger partial charge in [-0.15, -0.1) is 0 Å². The van der Waals surface area contributed by atoms with Crippen LogP contribution in [0.5, 0.6) is 0 Å². The quantitative estimate of drug-likeness (QED) is 0.901. The monoisotopic (exact) mass is 302 g/mol. The first-order valence-corrected chi connectivity index (χ1v) is 8.17. The molecule has 1 fully saturated rings. The second kappa shape index (κ2) is 5.58. The number of aryl methyl sites for hydroxylation is 2. The molecule has 0 heterocycles. The third kappa shape index (κ3) is 3.61. The Morgan fingerprint density at radius 1 is 1.27 bits per heavy atom. The van der Waals surface area contributed by atoms with Gasteiger partial charge in [-0.2, -0.15) is 0 Å². The van der Waals surface area contributed by atoms with Crippen molar-refractivity contribution in [2.45, 2.75) is 70.7 Å². The van der Waals surface area contributed by atoms with E-state index in [4.69, 9.17) is 4.74 Å². The predicted octanol–water partition coefficient (Wildman–Crippen LogP) is 3.24. The fourth-order valence-corrected chi connectivity index (χ4v) is 3.15. The second-order valence-electron chi connectivity index (χ2n) is 7.56. The summed E-state index contributed by atoms with van der Waals surface area (Å²) >= 11 is 0. The molecule has 2 aliphatic carbocycles. The molecule has 3 unspecified atom stereocenters. The molecule has 2 N–H and O–H groups in total. The number of ether oxygens (including phenoxy) is 1. The first-order valence-electron chi connectivity index (χ1n) is 8.17. The fraction of sp³-hybridized carbons (Fsp3) is 0.611. The van der Waals surface area contributed by atoms with Crippen molar-refractivity contribution in [3.8, 4) is 0 Å². The Hall–Kier alpha value is -1.55. The lowest BCUT2D eigenvalue weighted by atomic mass is 10.1. The van der Waals surface area contributed by atoms with E-state index < -0.39 is 5.60 Å². The number of carbonyl (C=O) groups is 1. The number of benzene rings is 1. The first kappa shape index (κ1) is 15.3. The van der Waals surface area contributed by atoms with Crippen LogP contribution in [0.15, 0.2) is 18.2 Å². The molecule has 0 saturated heterocycles. The molecule has 0 spiro atoms. The lowest BCUT2D eigenvalue weighted by Gasteiger charge is -2.20. The summed E-state index contributed by atoms with van der Waals surface area (Å²) in [5.74, 6) is 0. The average Bonchev–Trinajstić information content (AvgIpc) is 2.97. The van der Waals surface area contributed by atoms with E-state index in [2.05, 4.69) is 35.8 Å². The minimum Gasteiger partial charge on any atom is -0.444 e. The molecule has 3 atom stereocenters. The molecule has 0 aromatic heterocycles. The van der Waals surface area contributed by atoms with Gasteiger partial charge in [-0.3, -0.25) is 0 Å². The smallest absolute Gasteiger partial charge is 0.407 e. The van der Waals surface area contributed by atoms with Gasteiger partial charge in [0.2, 0.25) is 0 Å². The summed E-state index contributed by atoms with van der Waals surface area (Å²) < 4.78 is 5.30. The zero-order chi connectivity index (χ0) is 15.9. The molecule has 2 aliphatic rings. The van der Waals surface area contributed by atoms with Crippen molar-refractivity contribution in [2.24, 2.45) is 0 Å². The molecule has 0 bridgehead atoms. The van der Waals surface area contributed by atoms with Gasteiger partial charge in [0.15, 0.2) is 0 Å². The molecule has 1 aromatic rings. The number of nitrogens with one attached hydrogen (secondary N) is 2. The van der Waals surface area contributed by atoms with Gasteiger partial charge >= 0.3 is 6.09 Å². The van der Waals surface area contributed by atoms with E-state index in [-0.39, 0.29) is 12.1 Å². The van der Waals surface area contributed by atoms with Gasteiger partial charge in [0, 0.05) is 18.1 Å². The molecule has 22 heavy (non-hydrogen) atoms. The number of hydrogen-bond acceptors (Lipinski definition) is 3. The average molecular weight is 302 g/mol. The highest BCUT2D eigenvalue weighted by molar-refractivity contribution is 5.68. The highest BCUT2D eigenvalue weighted by Crippen LogP contribution is 2.35. The van der Waals surface area contributed by atoms with Crippen molar-refractivity contribution in [3.63, 3.8) is 0 Å². The second-order valence-corrected chi connectivity index (χ2v) is 7.56. The van der Waals surface area contributed by atoms with Crippen LogP contribution in [-0.2, 0) is 11.2 Å². The van der Waals surface area contributed by atoms with Crippen molar-refractivity contribution in [1.29, 1.82) is 0 Å². The first-order chi connectivity index (χ1) is 10.3. The normalized spacial score (nSPS) is 26.5. The number of fused-ring (bicyclic) bond motifs is 1. The van der Waals surface area contributed by atoms with E-state index in [1.807, 2.05) is 20.8 Å². The molecular weight excluding hydrogens is 276 g/mol. The Morgan fingerprint density at radius 3 is 2.77 bits per heavy atom. The fourth-order valence-electron chi connectivity index (χ4n) is 3.15. The van der Waals surface area contributed by atoms with E-state index >= 15 is 0 Å². The summed E-state index contributed by atoms with van der Waals surface area (Å²) in [7, 11) is 0. The molecule has 1 saturated carbocycles. The summed E-state index contributed by atoms with van der Waals surface area (Å²) in [4.78, 5) is 11.8. The molecule has 1 aromatic carbocycles. The third-order valence-electron chi connectivity index (χ3n) is 4.29. The lowest BCUT2D eigenvalue weighted by Crippen LogP contribution is -2.37. The van der Waals surface area contributed by atoms with E-state index in [1.54, 1.807) is 0 Å². The molecule has 0 aliphatic heterocycles. The summed E-state index contributed by atoms with van der Waals surface area (Å²) in [6.07, 6.45) is 2.96. The van der Waals surface area contributed by atoms with Crippen LogP contribution < -0.4 is 10.6 Å². The van der Waals surface area contributed by atoms with Crippen LogP contribution in [-0.4, -0.2) is 23.8 Å². The zero-order valence-electron chi connectivity index (χ0n) is 13.9. The highest BCUT2D eigenvalue weighted by Gasteiger charge is 2.41. The van der Waals surface area contributed by atoms with Gasteiger partial charge in [-0.25, -0.2) is 4.79 Å². The number of carbonyl (C=O) groups excluding carboxylic acids is 1. The van der Waals surface area contributed by atoms with Crippen LogP contribution in [0.1, 0.15) is 56.3 Å². The molecule has 3 rings (SSSR count). The van der Waals surface area contributed by atoms with E-state index in [0.29, 0.717) is 12.1 Å². The maximum absolute atomic E-state index is 11.8. The molecule has 4 nitrogen and oxygen atoms in total. The topological polar surface area (TPSA) is 50.4 Å². The van der Waals surface area contributed by atoms with E-state index in [0.717, 1.165) is 19.3 Å². The zero-order valence-corrected chi connectivity index (χ0v) is 13.9. The van der Waals surface area contributed by atoms with Crippen LogP contribution in [0.4, 0.5) is 4.79 Å². The van der Waals surface area contributed by atoms with Gasteiger partial charge in [-0.05, 0) is 58.1 Å². The van der Waals surface area contributed by atoms with Crippen molar-refractivity contribution < 1.29 is 9.53 Å². The van der Waals surface area contributed by atoms with Gasteiger partial charge in [0.25, 0.3) is 0 Å². The molecule has 0 radical (unpaired) electrons. The van der Waals surface area contributed by atoms with E-state index in [1.165, 1.54) is 16.7 Å². The maximum Gasteiger partial charge on any atom is 0.407 e. The van der Waals surface area contributed by atoms with Crippen molar-refractivity contribution in [1.82, 2.24) is 10.6 Å². The van der Waals surface area contributed by atoms with Crippen LogP contribution in [0, 0.1) is 6.92 Å². The number of amides is 1. The Kier molecular flexibility index (Phi) is 3.89. The Balaban J connectivity index is 1.51. The Morgan fingerprint density at radius 2 is 2.05 bits per heavy atom. The maximum atomic E-state index is 11.8.